The standard InChI is InChI=1S/C25H34IN3O4S/c1-6-23(25(31)27-15-18(2)3)28(16-20-9-7-8-19(4)14-20)24(30)17-29(34(5,32)33)22-12-10-21(26)11-13-22/h7-14,18,23H,6,15-17H2,1-5H3,(H,27,31). The number of carbonyl (C=O) groups excluding carboxylic acids is 2. The van der Waals surface area contributed by atoms with E-state index in [4.69, 9.17) is 0 Å². The second-order valence-corrected chi connectivity index (χ2v) is 12.0. The monoisotopic (exact) mass is 599 g/mol. The summed E-state index contributed by atoms with van der Waals surface area (Å²) in [6.07, 6.45) is 1.49. The van der Waals surface area contributed by atoms with Gasteiger partial charge in [-0.05, 0) is 71.7 Å². The Balaban J connectivity index is 2.41. The normalized spacial score (nSPS) is 12.3. The zero-order valence-corrected chi connectivity index (χ0v) is 23.4. The molecule has 186 valence electrons. The number of nitrogens with one attached hydrogen (secondary N) is 1. The van der Waals surface area contributed by atoms with Crippen LogP contribution in [0, 0.1) is 16.4 Å². The van der Waals surface area contributed by atoms with Gasteiger partial charge in [0.1, 0.15) is 12.6 Å². The van der Waals surface area contributed by atoms with Crippen molar-refractivity contribution in [1.82, 2.24) is 10.2 Å². The van der Waals surface area contributed by atoms with E-state index in [1.165, 1.54) is 4.90 Å². The van der Waals surface area contributed by atoms with Crippen molar-refractivity contribution in [1.29, 1.82) is 0 Å². The number of halogens is 1. The highest BCUT2D eigenvalue weighted by Crippen LogP contribution is 2.21. The number of benzene rings is 2. The summed E-state index contributed by atoms with van der Waals surface area (Å²) in [4.78, 5) is 28.1. The van der Waals surface area contributed by atoms with E-state index in [1.54, 1.807) is 24.3 Å². The minimum atomic E-state index is -3.73. The molecule has 1 N–H and O–H groups in total. The van der Waals surface area contributed by atoms with Crippen molar-refractivity contribution in [3.63, 3.8) is 0 Å². The first-order chi connectivity index (χ1) is 15.9. The first kappa shape index (κ1) is 28.1. The first-order valence-electron chi connectivity index (χ1n) is 11.3. The predicted molar refractivity (Wildman–Crippen MR) is 145 cm³/mol. The van der Waals surface area contributed by atoms with Crippen molar-refractivity contribution >= 4 is 50.1 Å². The molecule has 2 aromatic rings. The van der Waals surface area contributed by atoms with Crippen LogP contribution in [0.5, 0.6) is 0 Å². The predicted octanol–water partition coefficient (Wildman–Crippen LogP) is 3.95. The van der Waals surface area contributed by atoms with E-state index >= 15 is 0 Å². The third kappa shape index (κ3) is 8.26. The lowest BCUT2D eigenvalue weighted by Gasteiger charge is -2.33. The number of hydrogen-bond donors (Lipinski definition) is 1. The summed E-state index contributed by atoms with van der Waals surface area (Å²) < 4.78 is 27.2. The smallest absolute Gasteiger partial charge is 0.244 e. The van der Waals surface area contributed by atoms with Gasteiger partial charge in [0.2, 0.25) is 21.8 Å². The summed E-state index contributed by atoms with van der Waals surface area (Å²) in [5.41, 5.74) is 2.33. The highest BCUT2D eigenvalue weighted by atomic mass is 127. The van der Waals surface area contributed by atoms with E-state index in [1.807, 2.05) is 52.0 Å². The molecule has 0 aliphatic rings. The Morgan fingerprint density at radius 2 is 1.74 bits per heavy atom. The Bertz CT molecular complexity index is 1090. The average molecular weight is 600 g/mol. The van der Waals surface area contributed by atoms with Crippen molar-refractivity contribution in [3.05, 3.63) is 63.2 Å². The molecule has 9 heteroatoms. The van der Waals surface area contributed by atoms with Gasteiger partial charge in [0, 0.05) is 16.7 Å². The molecular weight excluding hydrogens is 565 g/mol. The number of nitrogens with zero attached hydrogens (tertiary/aromatic N) is 2. The number of rotatable bonds is 11. The van der Waals surface area contributed by atoms with E-state index in [0.29, 0.717) is 18.7 Å². The van der Waals surface area contributed by atoms with E-state index < -0.39 is 22.0 Å². The molecule has 0 fully saturated rings. The minimum absolute atomic E-state index is 0.207. The molecule has 2 aromatic carbocycles. The largest absolute Gasteiger partial charge is 0.354 e. The van der Waals surface area contributed by atoms with E-state index in [0.717, 1.165) is 25.3 Å². The van der Waals surface area contributed by atoms with Crippen LogP contribution >= 0.6 is 22.6 Å². The van der Waals surface area contributed by atoms with Crippen LogP contribution in [-0.4, -0.2) is 50.5 Å². The SMILES string of the molecule is CCC(C(=O)NCC(C)C)N(Cc1cccc(C)c1)C(=O)CN(c1ccc(I)cc1)S(C)(=O)=O. The Hall–Kier alpha value is -2.14. The number of anilines is 1. The van der Waals surface area contributed by atoms with Crippen molar-refractivity contribution in [3.8, 4) is 0 Å². The van der Waals surface area contributed by atoms with Gasteiger partial charge in [-0.1, -0.05) is 50.6 Å². The van der Waals surface area contributed by atoms with Gasteiger partial charge in [0.05, 0.1) is 11.9 Å². The van der Waals surface area contributed by atoms with E-state index in [9.17, 15) is 18.0 Å². The van der Waals surface area contributed by atoms with Gasteiger partial charge in [0.25, 0.3) is 0 Å². The molecule has 0 heterocycles. The summed E-state index contributed by atoms with van der Waals surface area (Å²) >= 11 is 2.14. The molecule has 0 aliphatic carbocycles. The maximum absolute atomic E-state index is 13.6. The van der Waals surface area contributed by atoms with Crippen molar-refractivity contribution in [2.24, 2.45) is 5.92 Å². The van der Waals surface area contributed by atoms with Crippen LogP contribution < -0.4 is 9.62 Å². The fourth-order valence-electron chi connectivity index (χ4n) is 3.57. The summed E-state index contributed by atoms with van der Waals surface area (Å²) in [6, 6.07) is 13.9. The van der Waals surface area contributed by atoms with Gasteiger partial charge in [0.15, 0.2) is 0 Å². The number of amides is 2. The molecule has 0 bridgehead atoms. The van der Waals surface area contributed by atoms with Gasteiger partial charge in [-0.2, -0.15) is 0 Å². The minimum Gasteiger partial charge on any atom is -0.354 e. The topological polar surface area (TPSA) is 86.8 Å². The molecule has 0 aliphatic heterocycles. The average Bonchev–Trinajstić information content (AvgIpc) is 2.75. The van der Waals surface area contributed by atoms with E-state index in [-0.39, 0.29) is 24.9 Å². The number of hydrogen-bond acceptors (Lipinski definition) is 4. The van der Waals surface area contributed by atoms with Gasteiger partial charge in [-0.15, -0.1) is 0 Å². The van der Waals surface area contributed by atoms with Gasteiger partial charge >= 0.3 is 0 Å². The molecule has 0 saturated carbocycles. The number of carbonyl (C=O) groups is 2. The lowest BCUT2D eigenvalue weighted by atomic mass is 10.1. The summed E-state index contributed by atoms with van der Waals surface area (Å²) in [5.74, 6) is -0.404. The van der Waals surface area contributed by atoms with Crippen LogP contribution in [-0.2, 0) is 26.2 Å². The van der Waals surface area contributed by atoms with Crippen molar-refractivity contribution in [2.75, 3.05) is 23.7 Å². The Morgan fingerprint density at radius 3 is 2.26 bits per heavy atom. The fraction of sp³-hybridized carbons (Fsp3) is 0.440. The Morgan fingerprint density at radius 1 is 1.09 bits per heavy atom. The third-order valence-corrected chi connectivity index (χ3v) is 7.16. The first-order valence-corrected chi connectivity index (χ1v) is 14.2. The third-order valence-electron chi connectivity index (χ3n) is 5.30. The summed E-state index contributed by atoms with van der Waals surface area (Å²) in [7, 11) is -3.73. The highest BCUT2D eigenvalue weighted by molar-refractivity contribution is 14.1. The molecule has 1 atom stereocenters. The summed E-state index contributed by atoms with van der Waals surface area (Å²) in [5, 5.41) is 2.92. The van der Waals surface area contributed by atoms with Crippen LogP contribution in [0.15, 0.2) is 48.5 Å². The van der Waals surface area contributed by atoms with Gasteiger partial charge in [-0.3, -0.25) is 13.9 Å². The second-order valence-electron chi connectivity index (χ2n) is 8.82. The van der Waals surface area contributed by atoms with Crippen LogP contribution in [0.2, 0.25) is 0 Å². The molecule has 0 saturated heterocycles. The maximum atomic E-state index is 13.6. The Kier molecular flexibility index (Phi) is 10.4. The quantitative estimate of drug-likeness (QED) is 0.397. The van der Waals surface area contributed by atoms with E-state index in [2.05, 4.69) is 27.9 Å². The van der Waals surface area contributed by atoms with Crippen molar-refractivity contribution in [2.45, 2.75) is 46.7 Å². The zero-order valence-electron chi connectivity index (χ0n) is 20.4. The zero-order chi connectivity index (χ0) is 25.5. The van der Waals surface area contributed by atoms with Gasteiger partial charge < -0.3 is 10.2 Å². The molecule has 7 nitrogen and oxygen atoms in total. The number of aryl methyl sites for hydroxylation is 1. The summed E-state index contributed by atoms with van der Waals surface area (Å²) in [6.45, 7) is 8.13. The fourth-order valence-corrected chi connectivity index (χ4v) is 4.78. The molecule has 0 aromatic heterocycles. The molecule has 2 rings (SSSR count). The highest BCUT2D eigenvalue weighted by Gasteiger charge is 2.31. The molecule has 0 radical (unpaired) electrons. The number of sulfonamides is 1. The van der Waals surface area contributed by atoms with Gasteiger partial charge in [-0.25, -0.2) is 8.42 Å². The van der Waals surface area contributed by atoms with Crippen LogP contribution in [0.4, 0.5) is 5.69 Å². The van der Waals surface area contributed by atoms with Crippen LogP contribution in [0.25, 0.3) is 0 Å². The second kappa shape index (κ2) is 12.5. The molecule has 34 heavy (non-hydrogen) atoms. The molecule has 2 amide bonds. The Labute approximate surface area is 217 Å². The molecule has 1 unspecified atom stereocenters. The molecular formula is C25H34IN3O4S. The maximum Gasteiger partial charge on any atom is 0.244 e. The van der Waals surface area contributed by atoms with Crippen LogP contribution in [0.3, 0.4) is 0 Å². The lowest BCUT2D eigenvalue weighted by Crippen LogP contribution is -2.52. The molecule has 0 spiro atoms. The lowest BCUT2D eigenvalue weighted by molar-refractivity contribution is -0.140. The van der Waals surface area contributed by atoms with Crippen LogP contribution in [0.1, 0.15) is 38.3 Å². The van der Waals surface area contributed by atoms with Crippen molar-refractivity contribution < 1.29 is 18.0 Å².